The minimum Gasteiger partial charge on any atom is -0.313 e. The lowest BCUT2D eigenvalue weighted by Gasteiger charge is -2.28. The third-order valence-corrected chi connectivity index (χ3v) is 3.55. The lowest BCUT2D eigenvalue weighted by atomic mass is 9.83. The largest absolute Gasteiger partial charge is 0.313 e. The Morgan fingerprint density at radius 3 is 2.50 bits per heavy atom. The van der Waals surface area contributed by atoms with E-state index in [4.69, 9.17) is 0 Å². The van der Waals surface area contributed by atoms with Crippen LogP contribution in [0, 0.1) is 17.8 Å². The molecule has 12 heavy (non-hydrogen) atoms. The molecule has 1 heterocycles. The molecule has 72 valence electrons. The summed E-state index contributed by atoms with van der Waals surface area (Å²) in [5.74, 6) is 2.58. The van der Waals surface area contributed by atoms with Crippen LogP contribution in [0.3, 0.4) is 0 Å². The fourth-order valence-electron chi connectivity index (χ4n) is 2.27. The van der Waals surface area contributed by atoms with E-state index in [0.29, 0.717) is 0 Å². The van der Waals surface area contributed by atoms with Gasteiger partial charge in [-0.2, -0.15) is 0 Å². The van der Waals surface area contributed by atoms with Crippen molar-refractivity contribution < 1.29 is 0 Å². The molecule has 0 aromatic carbocycles. The number of hydrogen-bond acceptors (Lipinski definition) is 1. The Hall–Kier alpha value is -0.0400. The van der Waals surface area contributed by atoms with Gasteiger partial charge in [-0.1, -0.05) is 34.1 Å². The number of rotatable bonds is 3. The summed E-state index contributed by atoms with van der Waals surface area (Å²) in [5.41, 5.74) is 0. The lowest BCUT2D eigenvalue weighted by molar-refractivity contribution is 0.266. The highest BCUT2D eigenvalue weighted by Gasteiger charge is 2.30. The molecule has 0 aliphatic carbocycles. The van der Waals surface area contributed by atoms with Crippen LogP contribution in [-0.4, -0.2) is 12.6 Å². The van der Waals surface area contributed by atoms with Crippen molar-refractivity contribution in [1.29, 1.82) is 0 Å². The van der Waals surface area contributed by atoms with Gasteiger partial charge >= 0.3 is 0 Å². The van der Waals surface area contributed by atoms with Gasteiger partial charge in [0.05, 0.1) is 0 Å². The zero-order valence-electron chi connectivity index (χ0n) is 8.93. The molecule has 0 saturated carbocycles. The SMILES string of the molecule is CCC1CCNC1C(C)C(C)C. The molecule has 1 aliphatic heterocycles. The Morgan fingerprint density at radius 2 is 2.00 bits per heavy atom. The summed E-state index contributed by atoms with van der Waals surface area (Å²) in [6.07, 6.45) is 2.73. The topological polar surface area (TPSA) is 12.0 Å². The van der Waals surface area contributed by atoms with Gasteiger partial charge in [0.25, 0.3) is 0 Å². The predicted molar refractivity (Wildman–Crippen MR) is 54.2 cm³/mol. The van der Waals surface area contributed by atoms with Crippen LogP contribution in [0.4, 0.5) is 0 Å². The molecular formula is C11H23N. The van der Waals surface area contributed by atoms with Gasteiger partial charge in [-0.25, -0.2) is 0 Å². The Labute approximate surface area is 76.9 Å². The van der Waals surface area contributed by atoms with E-state index in [2.05, 4.69) is 33.0 Å². The van der Waals surface area contributed by atoms with Crippen LogP contribution in [-0.2, 0) is 0 Å². The van der Waals surface area contributed by atoms with Crippen LogP contribution in [0.5, 0.6) is 0 Å². The molecule has 1 nitrogen and oxygen atoms in total. The molecule has 1 heteroatoms. The van der Waals surface area contributed by atoms with Crippen LogP contribution >= 0.6 is 0 Å². The zero-order valence-corrected chi connectivity index (χ0v) is 8.93. The van der Waals surface area contributed by atoms with E-state index in [1.807, 2.05) is 0 Å². The Kier molecular flexibility index (Phi) is 3.57. The van der Waals surface area contributed by atoms with E-state index in [1.165, 1.54) is 19.4 Å². The van der Waals surface area contributed by atoms with Gasteiger partial charge in [0.1, 0.15) is 0 Å². The third-order valence-electron chi connectivity index (χ3n) is 3.55. The molecule has 1 rings (SSSR count). The van der Waals surface area contributed by atoms with Crippen LogP contribution in [0.15, 0.2) is 0 Å². The van der Waals surface area contributed by atoms with Gasteiger partial charge < -0.3 is 5.32 Å². The molecule has 1 aliphatic rings. The van der Waals surface area contributed by atoms with E-state index in [1.54, 1.807) is 0 Å². The summed E-state index contributed by atoms with van der Waals surface area (Å²) in [7, 11) is 0. The van der Waals surface area contributed by atoms with E-state index in [-0.39, 0.29) is 0 Å². The third kappa shape index (κ3) is 2.01. The standard InChI is InChI=1S/C11H23N/c1-5-10-6-7-12-11(10)9(4)8(2)3/h8-12H,5-7H2,1-4H3. The summed E-state index contributed by atoms with van der Waals surface area (Å²) in [6.45, 7) is 10.6. The zero-order chi connectivity index (χ0) is 9.14. The molecular weight excluding hydrogens is 146 g/mol. The average Bonchev–Trinajstić information content (AvgIpc) is 2.49. The molecule has 0 aromatic heterocycles. The first kappa shape index (κ1) is 10.0. The van der Waals surface area contributed by atoms with Gasteiger partial charge in [-0.3, -0.25) is 0 Å². The predicted octanol–water partition coefficient (Wildman–Crippen LogP) is 2.67. The molecule has 3 atom stereocenters. The minimum absolute atomic E-state index is 0.787. The normalized spacial score (nSPS) is 32.8. The van der Waals surface area contributed by atoms with Crippen LogP contribution in [0.25, 0.3) is 0 Å². The van der Waals surface area contributed by atoms with Crippen LogP contribution < -0.4 is 5.32 Å². The highest BCUT2D eigenvalue weighted by molar-refractivity contribution is 4.87. The van der Waals surface area contributed by atoms with Crippen molar-refractivity contribution >= 4 is 0 Å². The van der Waals surface area contributed by atoms with Crippen molar-refractivity contribution in [3.8, 4) is 0 Å². The van der Waals surface area contributed by atoms with Crippen LogP contribution in [0.1, 0.15) is 40.5 Å². The molecule has 0 aromatic rings. The fourth-order valence-corrected chi connectivity index (χ4v) is 2.27. The van der Waals surface area contributed by atoms with Gasteiger partial charge in [0.15, 0.2) is 0 Å². The lowest BCUT2D eigenvalue weighted by Crippen LogP contribution is -2.36. The van der Waals surface area contributed by atoms with Crippen molar-refractivity contribution in [2.45, 2.75) is 46.6 Å². The molecule has 0 spiro atoms. The molecule has 1 N–H and O–H groups in total. The second kappa shape index (κ2) is 4.27. The van der Waals surface area contributed by atoms with E-state index >= 15 is 0 Å². The second-order valence-corrected chi connectivity index (χ2v) is 4.54. The van der Waals surface area contributed by atoms with E-state index < -0.39 is 0 Å². The molecule has 1 saturated heterocycles. The average molecular weight is 169 g/mol. The van der Waals surface area contributed by atoms with Crippen LogP contribution in [0.2, 0.25) is 0 Å². The molecule has 1 fully saturated rings. The van der Waals surface area contributed by atoms with Gasteiger partial charge in [0.2, 0.25) is 0 Å². The first-order valence-corrected chi connectivity index (χ1v) is 5.40. The molecule has 0 amide bonds. The quantitative estimate of drug-likeness (QED) is 0.685. The first-order valence-electron chi connectivity index (χ1n) is 5.40. The summed E-state index contributed by atoms with van der Waals surface area (Å²) in [5, 5.41) is 3.64. The summed E-state index contributed by atoms with van der Waals surface area (Å²) >= 11 is 0. The van der Waals surface area contributed by atoms with Crippen molar-refractivity contribution in [2.75, 3.05) is 6.54 Å². The Morgan fingerprint density at radius 1 is 1.33 bits per heavy atom. The van der Waals surface area contributed by atoms with Gasteiger partial charge in [-0.05, 0) is 30.7 Å². The smallest absolute Gasteiger partial charge is 0.0124 e. The minimum atomic E-state index is 0.787. The maximum absolute atomic E-state index is 3.64. The summed E-state index contributed by atoms with van der Waals surface area (Å²) < 4.78 is 0. The first-order chi connectivity index (χ1) is 5.66. The Bertz CT molecular complexity index is 131. The number of hydrogen-bond donors (Lipinski definition) is 1. The molecule has 0 bridgehead atoms. The van der Waals surface area contributed by atoms with E-state index in [0.717, 1.165) is 23.8 Å². The monoisotopic (exact) mass is 169 g/mol. The highest BCUT2D eigenvalue weighted by Crippen LogP contribution is 2.28. The summed E-state index contributed by atoms with van der Waals surface area (Å²) in [4.78, 5) is 0. The van der Waals surface area contributed by atoms with Crippen molar-refractivity contribution in [1.82, 2.24) is 5.32 Å². The van der Waals surface area contributed by atoms with Crippen molar-refractivity contribution in [2.24, 2.45) is 17.8 Å². The van der Waals surface area contributed by atoms with Gasteiger partial charge in [-0.15, -0.1) is 0 Å². The number of nitrogens with one attached hydrogen (secondary N) is 1. The highest BCUT2D eigenvalue weighted by atomic mass is 15.0. The fraction of sp³-hybridized carbons (Fsp3) is 1.00. The van der Waals surface area contributed by atoms with Crippen molar-refractivity contribution in [3.63, 3.8) is 0 Å². The molecule has 3 unspecified atom stereocenters. The van der Waals surface area contributed by atoms with E-state index in [9.17, 15) is 0 Å². The Balaban J connectivity index is 2.49. The maximum Gasteiger partial charge on any atom is 0.0124 e. The van der Waals surface area contributed by atoms with Gasteiger partial charge in [0, 0.05) is 6.04 Å². The maximum atomic E-state index is 3.64. The summed E-state index contributed by atoms with van der Waals surface area (Å²) in [6, 6.07) is 0.787. The van der Waals surface area contributed by atoms with Crippen molar-refractivity contribution in [3.05, 3.63) is 0 Å². The molecule has 0 radical (unpaired) electrons. The second-order valence-electron chi connectivity index (χ2n) is 4.54.